The maximum Gasteiger partial charge on any atom is 0.410 e. The standard InChI is InChI=1S/C20H27N3O7/c1-13-7-8-15(23(27)28)10-16(13)21-17(24)12-29-18(25)14-6-5-9-22(11-14)19(26)30-20(2,3)4/h7-8,10,14H,5-6,9,11-12H2,1-4H3,(H,21,24). The number of nitrogens with one attached hydrogen (secondary N) is 1. The molecule has 1 N–H and O–H groups in total. The van der Waals surface area contributed by atoms with Crippen molar-refractivity contribution in [3.63, 3.8) is 0 Å². The first kappa shape index (κ1) is 23.1. The summed E-state index contributed by atoms with van der Waals surface area (Å²) in [6.45, 7) is 7.12. The summed E-state index contributed by atoms with van der Waals surface area (Å²) in [5.74, 6) is -1.72. The normalized spacial score (nSPS) is 16.5. The highest BCUT2D eigenvalue weighted by Gasteiger charge is 2.32. The van der Waals surface area contributed by atoms with E-state index in [1.54, 1.807) is 27.7 Å². The van der Waals surface area contributed by atoms with E-state index in [0.29, 0.717) is 24.9 Å². The number of nitrogens with zero attached hydrogens (tertiary/aromatic N) is 2. The summed E-state index contributed by atoms with van der Waals surface area (Å²) in [5, 5.41) is 13.4. The summed E-state index contributed by atoms with van der Waals surface area (Å²) in [7, 11) is 0. The van der Waals surface area contributed by atoms with Crippen LogP contribution in [0.25, 0.3) is 0 Å². The predicted octanol–water partition coefficient (Wildman–Crippen LogP) is 3.03. The summed E-state index contributed by atoms with van der Waals surface area (Å²) < 4.78 is 10.4. The van der Waals surface area contributed by atoms with E-state index < -0.39 is 41.0 Å². The summed E-state index contributed by atoms with van der Waals surface area (Å²) in [5.41, 5.74) is 0.129. The zero-order valence-electron chi connectivity index (χ0n) is 17.6. The van der Waals surface area contributed by atoms with Gasteiger partial charge < -0.3 is 19.7 Å². The van der Waals surface area contributed by atoms with Crippen molar-refractivity contribution in [3.05, 3.63) is 33.9 Å². The number of esters is 1. The molecule has 1 unspecified atom stereocenters. The van der Waals surface area contributed by atoms with Crippen molar-refractivity contribution < 1.29 is 28.8 Å². The van der Waals surface area contributed by atoms with Gasteiger partial charge in [-0.1, -0.05) is 6.07 Å². The number of carbonyl (C=O) groups excluding carboxylic acids is 3. The van der Waals surface area contributed by atoms with Gasteiger partial charge in [0.25, 0.3) is 11.6 Å². The Morgan fingerprint density at radius 2 is 2.00 bits per heavy atom. The number of anilines is 1. The minimum absolute atomic E-state index is 0.155. The van der Waals surface area contributed by atoms with Crippen LogP contribution in [0.3, 0.4) is 0 Å². The molecule has 1 aliphatic heterocycles. The highest BCUT2D eigenvalue weighted by Crippen LogP contribution is 2.22. The van der Waals surface area contributed by atoms with Crippen LogP contribution in [0, 0.1) is 23.0 Å². The van der Waals surface area contributed by atoms with E-state index >= 15 is 0 Å². The van der Waals surface area contributed by atoms with Gasteiger partial charge in [0.1, 0.15) is 5.60 Å². The molecule has 164 valence electrons. The average molecular weight is 421 g/mol. The first-order valence-corrected chi connectivity index (χ1v) is 9.65. The molecule has 10 nitrogen and oxygen atoms in total. The Bertz CT molecular complexity index is 832. The van der Waals surface area contributed by atoms with Crippen LogP contribution in [0.1, 0.15) is 39.2 Å². The predicted molar refractivity (Wildman–Crippen MR) is 108 cm³/mol. The third-order valence-electron chi connectivity index (χ3n) is 4.46. The van der Waals surface area contributed by atoms with Crippen LogP contribution in [-0.2, 0) is 19.1 Å². The number of nitro groups is 1. The fourth-order valence-electron chi connectivity index (χ4n) is 2.96. The Kier molecular flexibility index (Phi) is 7.36. The fourth-order valence-corrected chi connectivity index (χ4v) is 2.96. The number of benzene rings is 1. The van der Waals surface area contributed by atoms with Gasteiger partial charge in [0.15, 0.2) is 6.61 Å². The quantitative estimate of drug-likeness (QED) is 0.439. The summed E-state index contributed by atoms with van der Waals surface area (Å²) >= 11 is 0. The smallest absolute Gasteiger partial charge is 0.410 e. The lowest BCUT2D eigenvalue weighted by Gasteiger charge is -2.33. The van der Waals surface area contributed by atoms with Gasteiger partial charge in [-0.05, 0) is 46.1 Å². The molecule has 0 aromatic heterocycles. The second-order valence-corrected chi connectivity index (χ2v) is 8.18. The second kappa shape index (κ2) is 9.55. The molecule has 0 aliphatic carbocycles. The number of ether oxygens (including phenoxy) is 2. The Labute approximate surface area is 174 Å². The summed E-state index contributed by atoms with van der Waals surface area (Å²) in [6.07, 6.45) is 0.681. The molecule has 1 fully saturated rings. The van der Waals surface area contributed by atoms with Crippen molar-refractivity contribution in [2.24, 2.45) is 5.92 Å². The van der Waals surface area contributed by atoms with Crippen LogP contribution in [0.15, 0.2) is 18.2 Å². The van der Waals surface area contributed by atoms with E-state index in [2.05, 4.69) is 5.32 Å². The van der Waals surface area contributed by atoms with Gasteiger partial charge in [-0.3, -0.25) is 19.7 Å². The van der Waals surface area contributed by atoms with Crippen LogP contribution in [0.5, 0.6) is 0 Å². The molecule has 0 bridgehead atoms. The molecule has 0 radical (unpaired) electrons. The average Bonchev–Trinajstić information content (AvgIpc) is 2.66. The number of non-ortho nitro benzene ring substituents is 1. The second-order valence-electron chi connectivity index (χ2n) is 8.18. The maximum atomic E-state index is 12.3. The van der Waals surface area contributed by atoms with E-state index in [4.69, 9.17) is 9.47 Å². The van der Waals surface area contributed by atoms with Crippen LogP contribution in [-0.4, -0.2) is 53.1 Å². The zero-order chi connectivity index (χ0) is 22.5. The Morgan fingerprint density at radius 1 is 1.30 bits per heavy atom. The van der Waals surface area contributed by atoms with E-state index in [9.17, 15) is 24.5 Å². The lowest BCUT2D eigenvalue weighted by atomic mass is 9.98. The molecular formula is C20H27N3O7. The molecule has 1 aliphatic rings. The molecule has 1 saturated heterocycles. The molecule has 2 rings (SSSR count). The number of piperidine rings is 1. The number of hydrogen-bond acceptors (Lipinski definition) is 7. The topological polar surface area (TPSA) is 128 Å². The third kappa shape index (κ3) is 6.71. The molecule has 1 heterocycles. The van der Waals surface area contributed by atoms with Crippen molar-refractivity contribution in [2.45, 2.75) is 46.1 Å². The van der Waals surface area contributed by atoms with Gasteiger partial charge in [-0.25, -0.2) is 4.79 Å². The monoisotopic (exact) mass is 421 g/mol. The number of likely N-dealkylation sites (tertiary alicyclic amines) is 1. The molecule has 0 spiro atoms. The van der Waals surface area contributed by atoms with Crippen molar-refractivity contribution in [3.8, 4) is 0 Å². The summed E-state index contributed by atoms with van der Waals surface area (Å²) in [6, 6.07) is 4.10. The Morgan fingerprint density at radius 3 is 2.63 bits per heavy atom. The van der Waals surface area contributed by atoms with Gasteiger partial charge in [0.05, 0.1) is 16.5 Å². The molecular weight excluding hydrogens is 394 g/mol. The van der Waals surface area contributed by atoms with Crippen molar-refractivity contribution in [1.29, 1.82) is 0 Å². The van der Waals surface area contributed by atoms with Crippen molar-refractivity contribution >= 4 is 29.3 Å². The summed E-state index contributed by atoms with van der Waals surface area (Å²) in [4.78, 5) is 48.4. The highest BCUT2D eigenvalue weighted by molar-refractivity contribution is 5.94. The van der Waals surface area contributed by atoms with Crippen molar-refractivity contribution in [2.75, 3.05) is 25.0 Å². The number of amides is 2. The van der Waals surface area contributed by atoms with Gasteiger partial charge in [-0.2, -0.15) is 0 Å². The Balaban J connectivity index is 1.88. The van der Waals surface area contributed by atoms with Gasteiger partial charge in [-0.15, -0.1) is 0 Å². The molecule has 1 aromatic carbocycles. The number of nitro benzene ring substituents is 1. The maximum absolute atomic E-state index is 12.3. The van der Waals surface area contributed by atoms with E-state index in [0.717, 1.165) is 0 Å². The highest BCUT2D eigenvalue weighted by atomic mass is 16.6. The number of rotatable bonds is 5. The molecule has 2 amide bonds. The first-order chi connectivity index (χ1) is 14.0. The molecule has 10 heteroatoms. The van der Waals surface area contributed by atoms with Crippen LogP contribution >= 0.6 is 0 Å². The van der Waals surface area contributed by atoms with E-state index in [-0.39, 0.29) is 17.9 Å². The molecule has 1 aromatic rings. The lowest BCUT2D eigenvalue weighted by molar-refractivity contribution is -0.384. The van der Waals surface area contributed by atoms with Crippen LogP contribution in [0.2, 0.25) is 0 Å². The van der Waals surface area contributed by atoms with E-state index in [1.807, 2.05) is 0 Å². The minimum Gasteiger partial charge on any atom is -0.455 e. The number of carbonyl (C=O) groups is 3. The number of hydrogen-bond donors (Lipinski definition) is 1. The molecule has 30 heavy (non-hydrogen) atoms. The fraction of sp³-hybridized carbons (Fsp3) is 0.550. The van der Waals surface area contributed by atoms with Gasteiger partial charge in [0, 0.05) is 25.2 Å². The number of aryl methyl sites for hydroxylation is 1. The molecule has 1 atom stereocenters. The lowest BCUT2D eigenvalue weighted by Crippen LogP contribution is -2.45. The van der Waals surface area contributed by atoms with Crippen molar-refractivity contribution in [1.82, 2.24) is 4.90 Å². The Hall–Kier alpha value is -3.17. The largest absolute Gasteiger partial charge is 0.455 e. The first-order valence-electron chi connectivity index (χ1n) is 9.65. The van der Waals surface area contributed by atoms with E-state index in [1.165, 1.54) is 23.1 Å². The van der Waals surface area contributed by atoms with Crippen LogP contribution in [0.4, 0.5) is 16.2 Å². The third-order valence-corrected chi connectivity index (χ3v) is 4.46. The molecule has 0 saturated carbocycles. The minimum atomic E-state index is -0.632. The van der Waals surface area contributed by atoms with Gasteiger partial charge in [0.2, 0.25) is 0 Å². The zero-order valence-corrected chi connectivity index (χ0v) is 17.6. The van der Waals surface area contributed by atoms with Crippen LogP contribution < -0.4 is 5.32 Å². The SMILES string of the molecule is Cc1ccc([N+](=O)[O-])cc1NC(=O)COC(=O)C1CCCN(C(=O)OC(C)(C)C)C1. The van der Waals surface area contributed by atoms with Gasteiger partial charge >= 0.3 is 12.1 Å².